The summed E-state index contributed by atoms with van der Waals surface area (Å²) in [5.74, 6) is 5.87. The highest BCUT2D eigenvalue weighted by Crippen LogP contribution is 2.32. The van der Waals surface area contributed by atoms with E-state index in [0.29, 0.717) is 100 Å². The molecule has 8 N–H and O–H groups in total. The molecule has 0 bridgehead atoms. The average Bonchev–Trinajstić information content (AvgIpc) is 1.61. The summed E-state index contributed by atoms with van der Waals surface area (Å²) >= 11 is 6.05. The van der Waals surface area contributed by atoms with E-state index in [1.165, 1.54) is 63.2 Å². The second-order valence-corrected chi connectivity index (χ2v) is 36.5. The number of fused-ring (bicyclic) bond motifs is 5. The molecular formula is C98H115ClN18O7. The second-order valence-electron chi connectivity index (χ2n) is 36.1. The van der Waals surface area contributed by atoms with Crippen LogP contribution in [0, 0.1) is 6.92 Å². The zero-order valence-electron chi connectivity index (χ0n) is 73.3. The first-order valence-electron chi connectivity index (χ1n) is 42.9. The van der Waals surface area contributed by atoms with Crippen molar-refractivity contribution in [1.29, 1.82) is 0 Å². The third-order valence-corrected chi connectivity index (χ3v) is 22.5. The summed E-state index contributed by atoms with van der Waals surface area (Å²) in [4.78, 5) is 84.8. The lowest BCUT2D eigenvalue weighted by Gasteiger charge is -2.19. The Balaban J connectivity index is 0.000000143. The molecule has 0 spiro atoms. The van der Waals surface area contributed by atoms with Gasteiger partial charge >= 0.3 is 0 Å². The first-order chi connectivity index (χ1) is 59.2. The SMILES string of the molecule is CC(C)(C)c1ccc(-c2nc(CCCCCc3ccccc3)n3[nH]c(=O)cc3n2)cc1.CC(C)(C)c1ccc(-c2nc(CCCCO)n3[nH]c(=O)cc3n2)cc1.CC(C)(C)c1ccc(-c2nc(NCCCNC3Cc4ccccc4C3)n3[nH]c(=O)cc3n2)cc1.Cc1cc(OCC(O)CCc2nc(-c3ccc(C(C)(C)C)cc3)nc3cc(=O)[nH]n23)ccc1Cl. The smallest absolute Gasteiger partial charge is 0.266 e. The summed E-state index contributed by atoms with van der Waals surface area (Å²) in [7, 11) is 0. The van der Waals surface area contributed by atoms with Gasteiger partial charge in [-0.25, -0.2) is 52.9 Å². The van der Waals surface area contributed by atoms with Crippen LogP contribution in [0.2, 0.25) is 5.02 Å². The maximum atomic E-state index is 12.0. The first kappa shape index (κ1) is 89.5. The molecule has 0 aliphatic heterocycles. The Labute approximate surface area is 727 Å². The van der Waals surface area contributed by atoms with Gasteiger partial charge < -0.3 is 25.6 Å². The number of halogens is 1. The number of hydrogen-bond donors (Lipinski definition) is 8. The van der Waals surface area contributed by atoms with Gasteiger partial charge in [0.2, 0.25) is 5.95 Å². The van der Waals surface area contributed by atoms with E-state index in [4.69, 9.17) is 36.4 Å². The molecule has 26 heteroatoms. The molecule has 15 aromatic rings. The lowest BCUT2D eigenvalue weighted by atomic mass is 9.86. The number of aliphatic hydroxyl groups excluding tert-OH is 2. The van der Waals surface area contributed by atoms with Crippen LogP contribution in [0.4, 0.5) is 5.95 Å². The summed E-state index contributed by atoms with van der Waals surface area (Å²) < 4.78 is 12.3. The number of ether oxygens (including phenoxy) is 1. The summed E-state index contributed by atoms with van der Waals surface area (Å²) in [6, 6.07) is 64.2. The second kappa shape index (κ2) is 39.5. The Bertz CT molecular complexity index is 6330. The van der Waals surface area contributed by atoms with Crippen molar-refractivity contribution in [3.05, 3.63) is 303 Å². The Morgan fingerprint density at radius 2 is 0.806 bits per heavy atom. The minimum atomic E-state index is -0.710. The number of aromatic amines is 4. The highest BCUT2D eigenvalue weighted by molar-refractivity contribution is 6.31. The van der Waals surface area contributed by atoms with Gasteiger partial charge in [-0.05, 0) is 156 Å². The molecular weight excluding hydrogens is 1580 g/mol. The number of benzene rings is 7. The zero-order valence-corrected chi connectivity index (χ0v) is 74.1. The number of nitrogens with zero attached hydrogens (tertiary/aromatic N) is 12. The molecule has 0 saturated heterocycles. The normalized spacial score (nSPS) is 12.7. The van der Waals surface area contributed by atoms with Gasteiger partial charge in [0, 0.05) is 90.0 Å². The van der Waals surface area contributed by atoms with Crippen molar-refractivity contribution < 1.29 is 14.9 Å². The van der Waals surface area contributed by atoms with Crippen LogP contribution in [0.5, 0.6) is 5.75 Å². The molecule has 0 fully saturated rings. The molecule has 0 amide bonds. The maximum Gasteiger partial charge on any atom is 0.266 e. The first-order valence-corrected chi connectivity index (χ1v) is 43.3. The molecule has 7 aromatic carbocycles. The van der Waals surface area contributed by atoms with Crippen molar-refractivity contribution in [3.63, 3.8) is 0 Å². The van der Waals surface area contributed by atoms with Crippen molar-refractivity contribution in [2.75, 3.05) is 31.6 Å². The Kier molecular flexibility index (Phi) is 28.5. The van der Waals surface area contributed by atoms with Gasteiger partial charge in [-0.15, -0.1) is 0 Å². The van der Waals surface area contributed by atoms with E-state index in [9.17, 15) is 24.3 Å². The molecule has 1 unspecified atom stereocenters. The van der Waals surface area contributed by atoms with E-state index in [2.05, 4.69) is 254 Å². The number of rotatable bonds is 26. The summed E-state index contributed by atoms with van der Waals surface area (Å²) in [5, 5.41) is 38.3. The monoisotopic (exact) mass is 1690 g/mol. The molecule has 124 heavy (non-hydrogen) atoms. The summed E-state index contributed by atoms with van der Waals surface area (Å²) in [6.07, 6.45) is 10.6. The van der Waals surface area contributed by atoms with Crippen molar-refractivity contribution in [3.8, 4) is 51.3 Å². The van der Waals surface area contributed by atoms with Gasteiger partial charge in [0.1, 0.15) is 29.8 Å². The van der Waals surface area contributed by atoms with E-state index in [0.717, 1.165) is 110 Å². The van der Waals surface area contributed by atoms with Crippen LogP contribution in [0.3, 0.4) is 0 Å². The molecule has 8 aromatic heterocycles. The number of nitrogens with one attached hydrogen (secondary N) is 6. The molecule has 25 nitrogen and oxygen atoms in total. The van der Waals surface area contributed by atoms with Gasteiger partial charge in [-0.1, -0.05) is 253 Å². The van der Waals surface area contributed by atoms with E-state index in [-0.39, 0.29) is 57.1 Å². The van der Waals surface area contributed by atoms with Crippen molar-refractivity contribution in [2.45, 2.75) is 207 Å². The molecule has 646 valence electrons. The van der Waals surface area contributed by atoms with Gasteiger partial charge in [-0.2, -0.15) is 4.98 Å². The van der Waals surface area contributed by atoms with Crippen LogP contribution in [-0.4, -0.2) is 127 Å². The predicted octanol–water partition coefficient (Wildman–Crippen LogP) is 16.7. The molecule has 8 heterocycles. The minimum Gasteiger partial charge on any atom is -0.491 e. The van der Waals surface area contributed by atoms with Gasteiger partial charge in [0.15, 0.2) is 45.9 Å². The third-order valence-electron chi connectivity index (χ3n) is 22.1. The molecule has 1 aliphatic rings. The molecule has 0 saturated carbocycles. The van der Waals surface area contributed by atoms with Crippen LogP contribution >= 0.6 is 11.6 Å². The van der Waals surface area contributed by atoms with Crippen LogP contribution in [0.25, 0.3) is 68.1 Å². The lowest BCUT2D eigenvalue weighted by Crippen LogP contribution is -2.31. The van der Waals surface area contributed by atoms with E-state index in [1.807, 2.05) is 49.4 Å². The van der Waals surface area contributed by atoms with Crippen molar-refractivity contribution >= 4 is 40.1 Å². The number of H-pyrrole nitrogens is 4. The highest BCUT2D eigenvalue weighted by Gasteiger charge is 2.24. The van der Waals surface area contributed by atoms with Crippen LogP contribution in [0.1, 0.15) is 190 Å². The fraction of sp³-hybridized carbons (Fsp3) is 0.367. The lowest BCUT2D eigenvalue weighted by molar-refractivity contribution is 0.0996. The minimum absolute atomic E-state index is 0.0470. The number of unbranched alkanes of at least 4 members (excludes halogenated alkanes) is 3. The summed E-state index contributed by atoms with van der Waals surface area (Å²) in [6.45, 7) is 30.1. The molecule has 16 rings (SSSR count). The standard InChI is InChI=1S/C27H32N6O.C26H29ClN4O3.C26H30N4O.C19H24N4O2/c1-27(2,3)21-11-9-18(10-12-21)25-30-23-17-24(34)32-33(23)26(31-25)29-14-6-13-28-22-15-19-7-4-5-8-20(19)16-22;1-16-13-20(10-11-21(16)27)34-15-19(32)9-12-22-28-25(29-23-14-24(33)30-31(22)23)17-5-7-18(8-6-17)26(2,3)4;1-26(2,3)21-16-14-20(15-17-21)25-27-22(30-23(28-25)18-24(31)29-30)13-9-5-8-12-19-10-6-4-7-11-19;1-19(2,3)14-9-7-13(8-10-14)18-20-15(6-4-5-11-24)23-16(21-18)12-17(25)22-23/h4-5,7-12,17,22,28H,6,13-16H2,1-3H3,(H,32,34)(H,29,30,31);5-8,10-11,13-14,19,32H,9,12,15H2,1-4H3,(H,30,33);4,6-7,10-11,14-18H,5,8-9,12-13H2,1-3H3,(H,29,31);7-10,12,24H,4-6,11H2,1-3H3,(H,22,25). The number of hydrogen-bond acceptors (Lipinski definition) is 17. The van der Waals surface area contributed by atoms with Crippen molar-refractivity contribution in [2.24, 2.45) is 0 Å². The number of aryl methyl sites for hydroxylation is 5. The molecule has 1 aliphatic carbocycles. The zero-order chi connectivity index (χ0) is 88.0. The van der Waals surface area contributed by atoms with Gasteiger partial charge in [0.05, 0.1) is 6.10 Å². The van der Waals surface area contributed by atoms with Gasteiger partial charge in [-0.3, -0.25) is 39.6 Å². The number of aromatic nitrogens is 16. The molecule has 1 atom stereocenters. The largest absolute Gasteiger partial charge is 0.491 e. The number of anilines is 1. The predicted molar refractivity (Wildman–Crippen MR) is 493 cm³/mol. The fourth-order valence-corrected chi connectivity index (χ4v) is 14.9. The van der Waals surface area contributed by atoms with E-state index < -0.39 is 6.10 Å². The topological polar surface area (TPSA) is 326 Å². The van der Waals surface area contributed by atoms with Gasteiger partial charge in [0.25, 0.3) is 22.2 Å². The average molecular weight is 1690 g/mol. The Morgan fingerprint density at radius 3 is 1.22 bits per heavy atom. The van der Waals surface area contributed by atoms with E-state index in [1.54, 1.807) is 30.2 Å². The molecule has 0 radical (unpaired) electrons. The quantitative estimate of drug-likeness (QED) is 0.0234. The van der Waals surface area contributed by atoms with E-state index >= 15 is 0 Å². The fourth-order valence-electron chi connectivity index (χ4n) is 14.8. The summed E-state index contributed by atoms with van der Waals surface area (Å²) in [5.41, 5.74) is 15.6. The maximum absolute atomic E-state index is 12.0. The van der Waals surface area contributed by atoms with Crippen LogP contribution in [0.15, 0.2) is 213 Å². The highest BCUT2D eigenvalue weighted by atomic mass is 35.5. The van der Waals surface area contributed by atoms with Crippen LogP contribution in [-0.2, 0) is 60.2 Å². The van der Waals surface area contributed by atoms with Crippen LogP contribution < -0.4 is 37.6 Å². The third kappa shape index (κ3) is 23.5. The number of aliphatic hydroxyl groups is 2. The van der Waals surface area contributed by atoms with Crippen molar-refractivity contribution in [1.82, 2.24) is 83.6 Å². The Hall–Kier alpha value is -12.3. The Morgan fingerprint density at radius 1 is 0.427 bits per heavy atom.